The maximum absolute atomic E-state index is 12.7. The summed E-state index contributed by atoms with van der Waals surface area (Å²) in [5, 5.41) is 9.34. The van der Waals surface area contributed by atoms with Gasteiger partial charge in [0.1, 0.15) is 0 Å². The number of likely N-dealkylation sites (tertiary alicyclic amines) is 1. The molecule has 2 bridgehead atoms. The van der Waals surface area contributed by atoms with Crippen molar-refractivity contribution in [1.82, 2.24) is 20.0 Å². The lowest BCUT2D eigenvalue weighted by atomic mass is 10.0. The molecule has 126 valence electrons. The molecule has 0 unspecified atom stereocenters. The van der Waals surface area contributed by atoms with Crippen molar-refractivity contribution in [2.24, 2.45) is 13.0 Å². The van der Waals surface area contributed by atoms with Gasteiger partial charge in [-0.15, -0.1) is 11.3 Å². The Bertz CT molecular complexity index is 763. The van der Waals surface area contributed by atoms with Gasteiger partial charge in [0.25, 0.3) is 11.8 Å². The van der Waals surface area contributed by atoms with E-state index in [4.69, 9.17) is 0 Å². The molecule has 2 aromatic rings. The number of nitrogens with one attached hydrogen (secondary N) is 1. The molecule has 2 amide bonds. The molecule has 1 saturated carbocycles. The van der Waals surface area contributed by atoms with E-state index >= 15 is 0 Å². The van der Waals surface area contributed by atoms with Crippen LogP contribution in [0.2, 0.25) is 0 Å². The number of hydrogen-bond acceptors (Lipinski definition) is 4. The number of rotatable bonds is 3. The minimum absolute atomic E-state index is 0.000720. The van der Waals surface area contributed by atoms with Gasteiger partial charge >= 0.3 is 0 Å². The fourth-order valence-electron chi connectivity index (χ4n) is 3.84. The quantitative estimate of drug-likeness (QED) is 0.924. The summed E-state index contributed by atoms with van der Waals surface area (Å²) >= 11 is 1.45. The molecule has 6 nitrogen and oxygen atoms in total. The van der Waals surface area contributed by atoms with Gasteiger partial charge in [0.15, 0.2) is 5.69 Å². The molecule has 3 heterocycles. The van der Waals surface area contributed by atoms with Crippen molar-refractivity contribution in [3.8, 4) is 0 Å². The Morgan fingerprint density at radius 2 is 2.21 bits per heavy atom. The van der Waals surface area contributed by atoms with E-state index in [0.29, 0.717) is 18.2 Å². The normalized spacial score (nSPS) is 25.2. The van der Waals surface area contributed by atoms with Gasteiger partial charge in [-0.2, -0.15) is 5.10 Å². The van der Waals surface area contributed by atoms with Gasteiger partial charge < -0.3 is 10.2 Å². The number of thiophene rings is 1. The second-order valence-electron chi connectivity index (χ2n) is 6.69. The molecule has 2 fully saturated rings. The molecule has 24 heavy (non-hydrogen) atoms. The first-order chi connectivity index (χ1) is 11.5. The van der Waals surface area contributed by atoms with E-state index in [9.17, 15) is 9.59 Å². The highest BCUT2D eigenvalue weighted by molar-refractivity contribution is 7.12. The second kappa shape index (κ2) is 5.73. The summed E-state index contributed by atoms with van der Waals surface area (Å²) in [6.45, 7) is 2.64. The van der Waals surface area contributed by atoms with Gasteiger partial charge in [0, 0.05) is 31.4 Å². The Morgan fingerprint density at radius 1 is 1.38 bits per heavy atom. The van der Waals surface area contributed by atoms with Gasteiger partial charge in [-0.25, -0.2) is 0 Å². The third kappa shape index (κ3) is 2.53. The zero-order valence-electron chi connectivity index (χ0n) is 13.7. The van der Waals surface area contributed by atoms with Crippen LogP contribution >= 0.6 is 11.3 Å². The Labute approximate surface area is 144 Å². The van der Waals surface area contributed by atoms with E-state index in [0.717, 1.165) is 23.4 Å². The number of nitrogens with zero attached hydrogens (tertiary/aromatic N) is 3. The number of fused-ring (bicyclic) bond motifs is 2. The highest BCUT2D eigenvalue weighted by Crippen LogP contribution is 2.38. The largest absolute Gasteiger partial charge is 0.348 e. The first-order valence-corrected chi connectivity index (χ1v) is 9.07. The first kappa shape index (κ1) is 15.4. The van der Waals surface area contributed by atoms with Crippen molar-refractivity contribution < 1.29 is 9.59 Å². The van der Waals surface area contributed by atoms with Crippen LogP contribution in [-0.4, -0.2) is 45.1 Å². The number of carbonyl (C=O) groups is 2. The lowest BCUT2D eigenvalue weighted by Gasteiger charge is -2.31. The molecule has 1 saturated heterocycles. The molecule has 1 N–H and O–H groups in total. The minimum Gasteiger partial charge on any atom is -0.348 e. The number of aromatic nitrogens is 2. The topological polar surface area (TPSA) is 67.2 Å². The van der Waals surface area contributed by atoms with Gasteiger partial charge in [0.05, 0.1) is 4.88 Å². The SMILES string of the molecule is Cc1cc(C(=O)N2C[C@@H]3C[C@H]2C[C@@H]3NC(=O)c2cccs2)nn1C. The van der Waals surface area contributed by atoms with Gasteiger partial charge in [-0.1, -0.05) is 6.07 Å². The summed E-state index contributed by atoms with van der Waals surface area (Å²) in [4.78, 5) is 27.6. The molecule has 4 rings (SSSR count). The van der Waals surface area contributed by atoms with E-state index in [-0.39, 0.29) is 23.9 Å². The number of piperidine rings is 1. The Balaban J connectivity index is 1.41. The molecule has 1 aliphatic heterocycles. The molecular formula is C17H20N4O2S. The molecule has 3 atom stereocenters. The van der Waals surface area contributed by atoms with E-state index in [1.54, 1.807) is 4.68 Å². The fraction of sp³-hybridized carbons (Fsp3) is 0.471. The van der Waals surface area contributed by atoms with E-state index in [2.05, 4.69) is 10.4 Å². The van der Waals surface area contributed by atoms with Crippen molar-refractivity contribution in [2.75, 3.05) is 6.54 Å². The van der Waals surface area contributed by atoms with Crippen molar-refractivity contribution >= 4 is 23.2 Å². The van der Waals surface area contributed by atoms with Crippen molar-refractivity contribution in [3.05, 3.63) is 39.8 Å². The molecule has 0 aromatic carbocycles. The highest BCUT2D eigenvalue weighted by atomic mass is 32.1. The maximum atomic E-state index is 12.7. The minimum atomic E-state index is 0.000720. The average Bonchev–Trinajstić information content (AvgIpc) is 3.31. The number of amides is 2. The van der Waals surface area contributed by atoms with Crippen molar-refractivity contribution in [1.29, 1.82) is 0 Å². The van der Waals surface area contributed by atoms with Crippen LogP contribution in [0.4, 0.5) is 0 Å². The second-order valence-corrected chi connectivity index (χ2v) is 7.64. The van der Waals surface area contributed by atoms with Crippen LogP contribution in [0.1, 0.15) is 38.7 Å². The Kier molecular flexibility index (Phi) is 3.68. The Hall–Kier alpha value is -2.15. The average molecular weight is 344 g/mol. The summed E-state index contributed by atoms with van der Waals surface area (Å²) in [6, 6.07) is 5.93. The smallest absolute Gasteiger partial charge is 0.274 e. The van der Waals surface area contributed by atoms with Crippen LogP contribution in [-0.2, 0) is 7.05 Å². The van der Waals surface area contributed by atoms with Crippen molar-refractivity contribution in [2.45, 2.75) is 31.8 Å². The maximum Gasteiger partial charge on any atom is 0.274 e. The van der Waals surface area contributed by atoms with Crippen LogP contribution in [0, 0.1) is 12.8 Å². The summed E-state index contributed by atoms with van der Waals surface area (Å²) in [6.07, 6.45) is 1.80. The number of aryl methyl sites for hydroxylation is 2. The van der Waals surface area contributed by atoms with Crippen LogP contribution in [0.5, 0.6) is 0 Å². The van der Waals surface area contributed by atoms with Crippen LogP contribution in [0.25, 0.3) is 0 Å². The lowest BCUT2D eigenvalue weighted by Crippen LogP contribution is -2.47. The summed E-state index contributed by atoms with van der Waals surface area (Å²) in [5.41, 5.74) is 1.49. The first-order valence-electron chi connectivity index (χ1n) is 8.19. The molecule has 1 aliphatic carbocycles. The molecule has 7 heteroatoms. The van der Waals surface area contributed by atoms with Crippen LogP contribution < -0.4 is 5.32 Å². The third-order valence-corrected chi connectivity index (χ3v) is 6.07. The number of carbonyl (C=O) groups excluding carboxylic acids is 2. The molecule has 2 aliphatic rings. The molecule has 0 radical (unpaired) electrons. The Morgan fingerprint density at radius 3 is 2.79 bits per heavy atom. The molecular weight excluding hydrogens is 324 g/mol. The fourth-order valence-corrected chi connectivity index (χ4v) is 4.47. The van der Waals surface area contributed by atoms with Gasteiger partial charge in [-0.3, -0.25) is 14.3 Å². The molecule has 0 spiro atoms. The third-order valence-electron chi connectivity index (χ3n) is 5.20. The molecule has 2 aromatic heterocycles. The van der Waals surface area contributed by atoms with Crippen LogP contribution in [0.3, 0.4) is 0 Å². The van der Waals surface area contributed by atoms with E-state index < -0.39 is 0 Å². The predicted molar refractivity (Wildman–Crippen MR) is 91.1 cm³/mol. The summed E-state index contributed by atoms with van der Waals surface area (Å²) in [5.74, 6) is 0.350. The number of hydrogen-bond donors (Lipinski definition) is 1. The van der Waals surface area contributed by atoms with Gasteiger partial charge in [-0.05, 0) is 43.2 Å². The van der Waals surface area contributed by atoms with Crippen LogP contribution in [0.15, 0.2) is 23.6 Å². The van der Waals surface area contributed by atoms with Crippen molar-refractivity contribution in [3.63, 3.8) is 0 Å². The predicted octanol–water partition coefficient (Wildman–Crippen LogP) is 1.82. The highest BCUT2D eigenvalue weighted by Gasteiger charge is 2.47. The van der Waals surface area contributed by atoms with E-state index in [1.807, 2.05) is 42.5 Å². The lowest BCUT2D eigenvalue weighted by molar-refractivity contribution is 0.0673. The summed E-state index contributed by atoms with van der Waals surface area (Å²) < 4.78 is 1.73. The monoisotopic (exact) mass is 344 g/mol. The summed E-state index contributed by atoms with van der Waals surface area (Å²) in [7, 11) is 1.85. The zero-order valence-corrected chi connectivity index (χ0v) is 14.5. The standard InChI is InChI=1S/C17H20N4O2S/c1-10-6-14(19-20(10)2)17(23)21-9-11-7-12(21)8-13(11)18-16(22)15-4-3-5-24-15/h3-6,11-13H,7-9H2,1-2H3,(H,18,22)/t11-,12-,13-/m0/s1. The van der Waals surface area contributed by atoms with E-state index in [1.165, 1.54) is 11.3 Å². The van der Waals surface area contributed by atoms with Gasteiger partial charge in [0.2, 0.25) is 0 Å². The zero-order chi connectivity index (χ0) is 16.8.